The molecule has 4 N–H and O–H groups in total. The minimum Gasteiger partial charge on any atom is -0.337 e. The van der Waals surface area contributed by atoms with Gasteiger partial charge < -0.3 is 20.9 Å². The fraction of sp³-hybridized carbons (Fsp3) is 0.0455. The largest absolute Gasteiger partial charge is 0.337 e. The Kier molecular flexibility index (Phi) is 5.57. The number of amides is 3. The van der Waals surface area contributed by atoms with Crippen LogP contribution in [0.25, 0.3) is 11.0 Å². The summed E-state index contributed by atoms with van der Waals surface area (Å²) in [6, 6.07) is 19.7. The molecule has 0 saturated heterocycles. The Morgan fingerprint density at radius 2 is 1.48 bits per heavy atom. The van der Waals surface area contributed by atoms with Crippen LogP contribution in [0.5, 0.6) is 0 Å². The molecule has 4 aromatic rings. The minimum atomic E-state index is -2.72. The molecule has 0 spiro atoms. The molecule has 4 rings (SSSR count). The molecule has 9 heteroatoms. The maximum atomic E-state index is 12.8. The van der Waals surface area contributed by atoms with Crippen molar-refractivity contribution < 1.29 is 18.4 Å². The standard InChI is InChI=1S/C22H17F2N5O2/c23-19(24)20-28-17-10-9-13(11-18(17)29-20)21(30)25-15-7-4-8-16(12-15)27-22(31)26-14-5-2-1-3-6-14/h1-12,19H,(H,25,30)(H,28,29)(H2,26,27,31). The highest BCUT2D eigenvalue weighted by Gasteiger charge is 2.14. The van der Waals surface area contributed by atoms with Gasteiger partial charge in [0, 0.05) is 22.6 Å². The third-order valence-corrected chi connectivity index (χ3v) is 4.38. The number of carbonyl (C=O) groups excluding carboxylic acids is 2. The molecule has 0 aliphatic rings. The topological polar surface area (TPSA) is 98.9 Å². The number of imidazole rings is 1. The average molecular weight is 421 g/mol. The predicted molar refractivity (Wildman–Crippen MR) is 115 cm³/mol. The number of aromatic nitrogens is 2. The molecular weight excluding hydrogens is 404 g/mol. The van der Waals surface area contributed by atoms with Crippen LogP contribution in [0.4, 0.5) is 30.6 Å². The van der Waals surface area contributed by atoms with Crippen molar-refractivity contribution in [3.8, 4) is 0 Å². The zero-order valence-electron chi connectivity index (χ0n) is 16.0. The first-order valence-electron chi connectivity index (χ1n) is 9.30. The van der Waals surface area contributed by atoms with Crippen LogP contribution < -0.4 is 16.0 Å². The van der Waals surface area contributed by atoms with Crippen molar-refractivity contribution in [1.29, 1.82) is 0 Å². The zero-order chi connectivity index (χ0) is 21.8. The number of nitrogens with one attached hydrogen (secondary N) is 4. The van der Waals surface area contributed by atoms with E-state index in [-0.39, 0.29) is 5.56 Å². The Hall–Kier alpha value is -4.27. The van der Waals surface area contributed by atoms with Crippen molar-refractivity contribution >= 4 is 40.0 Å². The normalized spacial score (nSPS) is 10.8. The Balaban J connectivity index is 1.44. The molecule has 0 radical (unpaired) electrons. The Labute approximate surface area is 175 Å². The molecule has 0 fully saturated rings. The number of fused-ring (bicyclic) bond motifs is 1. The summed E-state index contributed by atoms with van der Waals surface area (Å²) in [4.78, 5) is 31.0. The quantitative estimate of drug-likeness (QED) is 0.347. The second-order valence-corrected chi connectivity index (χ2v) is 6.63. The molecule has 1 heterocycles. The third-order valence-electron chi connectivity index (χ3n) is 4.38. The van der Waals surface area contributed by atoms with Crippen molar-refractivity contribution in [2.24, 2.45) is 0 Å². The molecule has 3 aromatic carbocycles. The number of benzene rings is 3. The Morgan fingerprint density at radius 3 is 2.23 bits per heavy atom. The minimum absolute atomic E-state index is 0.275. The first-order chi connectivity index (χ1) is 15.0. The zero-order valence-corrected chi connectivity index (χ0v) is 16.0. The number of carbonyl (C=O) groups is 2. The number of H-pyrrole nitrogens is 1. The average Bonchev–Trinajstić information content (AvgIpc) is 3.18. The number of para-hydroxylation sites is 1. The van der Waals surface area contributed by atoms with Gasteiger partial charge in [-0.1, -0.05) is 24.3 Å². The molecule has 0 aliphatic heterocycles. The fourth-order valence-corrected chi connectivity index (χ4v) is 2.97. The summed E-state index contributed by atoms with van der Waals surface area (Å²) in [5.74, 6) is -0.874. The number of rotatable bonds is 5. The number of hydrogen-bond acceptors (Lipinski definition) is 3. The van der Waals surface area contributed by atoms with E-state index in [4.69, 9.17) is 0 Å². The lowest BCUT2D eigenvalue weighted by Crippen LogP contribution is -2.19. The summed E-state index contributed by atoms with van der Waals surface area (Å²) in [5.41, 5.74) is 2.56. The summed E-state index contributed by atoms with van der Waals surface area (Å²) in [7, 11) is 0. The van der Waals surface area contributed by atoms with E-state index in [9.17, 15) is 18.4 Å². The van der Waals surface area contributed by atoms with E-state index in [1.165, 1.54) is 18.2 Å². The summed E-state index contributed by atoms with van der Waals surface area (Å²) < 4.78 is 25.6. The highest BCUT2D eigenvalue weighted by molar-refractivity contribution is 6.06. The van der Waals surface area contributed by atoms with Gasteiger partial charge in [0.1, 0.15) is 0 Å². The number of aromatic amines is 1. The highest BCUT2D eigenvalue weighted by atomic mass is 19.3. The first kappa shape index (κ1) is 20.0. The second-order valence-electron chi connectivity index (χ2n) is 6.63. The molecule has 0 bridgehead atoms. The van der Waals surface area contributed by atoms with E-state index in [2.05, 4.69) is 25.9 Å². The van der Waals surface area contributed by atoms with Gasteiger partial charge in [0.2, 0.25) is 0 Å². The van der Waals surface area contributed by atoms with E-state index in [1.807, 2.05) is 6.07 Å². The SMILES string of the molecule is O=C(Nc1ccccc1)Nc1cccc(NC(=O)c2ccc3nc(C(F)F)[nH]c3c2)c1. The van der Waals surface area contributed by atoms with Crippen LogP contribution in [0.3, 0.4) is 0 Å². The van der Waals surface area contributed by atoms with E-state index in [0.717, 1.165) is 0 Å². The molecule has 31 heavy (non-hydrogen) atoms. The first-order valence-corrected chi connectivity index (χ1v) is 9.30. The van der Waals surface area contributed by atoms with Crippen LogP contribution in [-0.2, 0) is 0 Å². The second kappa shape index (κ2) is 8.62. The maximum Gasteiger partial charge on any atom is 0.323 e. The van der Waals surface area contributed by atoms with E-state index >= 15 is 0 Å². The molecule has 0 saturated carbocycles. The number of urea groups is 1. The van der Waals surface area contributed by atoms with Gasteiger partial charge in [-0.15, -0.1) is 0 Å². The maximum absolute atomic E-state index is 12.8. The fourth-order valence-electron chi connectivity index (χ4n) is 2.97. The van der Waals surface area contributed by atoms with Crippen molar-refractivity contribution in [2.75, 3.05) is 16.0 Å². The van der Waals surface area contributed by atoms with Gasteiger partial charge >= 0.3 is 6.03 Å². The molecule has 7 nitrogen and oxygen atoms in total. The molecule has 0 atom stereocenters. The van der Waals surface area contributed by atoms with Gasteiger partial charge in [0.15, 0.2) is 5.82 Å². The van der Waals surface area contributed by atoms with Crippen LogP contribution in [0.15, 0.2) is 72.8 Å². The van der Waals surface area contributed by atoms with E-state index in [1.54, 1.807) is 48.5 Å². The highest BCUT2D eigenvalue weighted by Crippen LogP contribution is 2.22. The molecule has 1 aromatic heterocycles. The van der Waals surface area contributed by atoms with Crippen LogP contribution in [0.1, 0.15) is 22.6 Å². The predicted octanol–water partition coefficient (Wildman–Crippen LogP) is 5.40. The number of halogens is 2. The van der Waals surface area contributed by atoms with Crippen molar-refractivity contribution in [3.63, 3.8) is 0 Å². The van der Waals surface area contributed by atoms with Crippen molar-refractivity contribution in [3.05, 3.63) is 84.2 Å². The lowest BCUT2D eigenvalue weighted by atomic mass is 10.2. The Bertz CT molecular complexity index is 1240. The molecule has 0 aliphatic carbocycles. The van der Waals surface area contributed by atoms with Gasteiger partial charge in [0.05, 0.1) is 11.0 Å². The van der Waals surface area contributed by atoms with Crippen LogP contribution in [0.2, 0.25) is 0 Å². The number of hydrogen-bond donors (Lipinski definition) is 4. The molecule has 156 valence electrons. The Morgan fingerprint density at radius 1 is 0.806 bits per heavy atom. The lowest BCUT2D eigenvalue weighted by molar-refractivity contribution is 0.102. The molecular formula is C22H17F2N5O2. The van der Waals surface area contributed by atoms with Gasteiger partial charge in [0.25, 0.3) is 12.3 Å². The van der Waals surface area contributed by atoms with Crippen LogP contribution in [0, 0.1) is 0 Å². The van der Waals surface area contributed by atoms with E-state index < -0.39 is 24.2 Å². The van der Waals surface area contributed by atoms with Gasteiger partial charge in [-0.2, -0.15) is 0 Å². The number of nitrogens with zero attached hydrogens (tertiary/aromatic N) is 1. The number of anilines is 3. The van der Waals surface area contributed by atoms with E-state index in [0.29, 0.717) is 28.1 Å². The van der Waals surface area contributed by atoms with Crippen LogP contribution >= 0.6 is 0 Å². The molecule has 3 amide bonds. The van der Waals surface area contributed by atoms with Crippen molar-refractivity contribution in [2.45, 2.75) is 6.43 Å². The van der Waals surface area contributed by atoms with Crippen molar-refractivity contribution in [1.82, 2.24) is 9.97 Å². The van der Waals surface area contributed by atoms with Gasteiger partial charge in [-0.25, -0.2) is 18.6 Å². The summed E-state index contributed by atoms with van der Waals surface area (Å²) in [6.45, 7) is 0. The lowest BCUT2D eigenvalue weighted by Gasteiger charge is -2.10. The number of alkyl halides is 2. The smallest absolute Gasteiger partial charge is 0.323 e. The summed E-state index contributed by atoms with van der Waals surface area (Å²) in [6.07, 6.45) is -2.72. The third kappa shape index (κ3) is 4.84. The summed E-state index contributed by atoms with van der Waals surface area (Å²) >= 11 is 0. The monoisotopic (exact) mass is 421 g/mol. The van der Waals surface area contributed by atoms with Crippen LogP contribution in [-0.4, -0.2) is 21.9 Å². The molecule has 0 unspecified atom stereocenters. The van der Waals surface area contributed by atoms with Gasteiger partial charge in [-0.05, 0) is 48.5 Å². The van der Waals surface area contributed by atoms with Gasteiger partial charge in [-0.3, -0.25) is 4.79 Å². The summed E-state index contributed by atoms with van der Waals surface area (Å²) in [5, 5.41) is 8.12.